The summed E-state index contributed by atoms with van der Waals surface area (Å²) in [7, 11) is 4.77. The Balaban J connectivity index is 0.000000758. The Morgan fingerprint density at radius 1 is 0.962 bits per heavy atom. The first-order valence-electron chi connectivity index (χ1n) is 10.8. The van der Waals surface area contributed by atoms with Crippen LogP contribution in [0, 0.1) is 23.7 Å². The fourth-order valence-electron chi connectivity index (χ4n) is 5.22. The highest BCUT2D eigenvalue weighted by Gasteiger charge is 2.34. The zero-order valence-electron chi connectivity index (χ0n) is 16.7. The van der Waals surface area contributed by atoms with Gasteiger partial charge in [-0.2, -0.15) is 0 Å². The van der Waals surface area contributed by atoms with E-state index in [1.165, 1.54) is 57.8 Å². The van der Waals surface area contributed by atoms with Crippen LogP contribution in [0.5, 0.6) is 0 Å². The molecule has 0 radical (unpaired) electrons. The molecule has 0 bridgehead atoms. The lowest BCUT2D eigenvalue weighted by atomic mass is 9.71. The van der Waals surface area contributed by atoms with Crippen LogP contribution in [0.15, 0.2) is 0 Å². The monoisotopic (exact) mass is 495 g/mol. The van der Waals surface area contributed by atoms with Crippen molar-refractivity contribution in [1.29, 1.82) is 0 Å². The van der Waals surface area contributed by atoms with Crippen LogP contribution in [0.1, 0.15) is 84.0 Å². The maximum atomic E-state index is 12.5. The third kappa shape index (κ3) is 7.20. The summed E-state index contributed by atoms with van der Waals surface area (Å²) in [6.07, 6.45) is 15.4. The first-order valence-corrected chi connectivity index (χ1v) is 12.5. The second-order valence-corrected chi connectivity index (χ2v) is 10.7. The van der Waals surface area contributed by atoms with Crippen LogP contribution in [0.25, 0.3) is 0 Å². The summed E-state index contributed by atoms with van der Waals surface area (Å²) in [4.78, 5) is 12.5. The standard InChI is InChI=1S/C20H35O2P.CH4IN/c1-14-7-12-18(19(23)13-14)22-20(21)17-10-8-16(9-11-17)15-5-3-2-4-6-15;1-3-2/h14-19H,2-13,23H2,1H3;3H,1H3. The first kappa shape index (κ1) is 22.9. The van der Waals surface area contributed by atoms with Gasteiger partial charge in [0.25, 0.3) is 0 Å². The molecule has 0 aromatic rings. The molecular weight excluding hydrogens is 456 g/mol. The van der Waals surface area contributed by atoms with Crippen LogP contribution in [0.3, 0.4) is 0 Å². The summed E-state index contributed by atoms with van der Waals surface area (Å²) >= 11 is 2.04. The molecule has 3 nitrogen and oxygen atoms in total. The highest BCUT2D eigenvalue weighted by molar-refractivity contribution is 14.1. The number of nitrogens with one attached hydrogen (secondary N) is 1. The lowest BCUT2D eigenvalue weighted by Crippen LogP contribution is -2.36. The van der Waals surface area contributed by atoms with E-state index in [1.54, 1.807) is 0 Å². The van der Waals surface area contributed by atoms with Crippen LogP contribution >= 0.6 is 32.1 Å². The Bertz CT molecular complexity index is 409. The summed E-state index contributed by atoms with van der Waals surface area (Å²) in [5, 5.41) is 0. The Labute approximate surface area is 177 Å². The number of esters is 1. The van der Waals surface area contributed by atoms with Gasteiger partial charge < -0.3 is 4.74 Å². The molecule has 0 aromatic heterocycles. The van der Waals surface area contributed by atoms with Crippen LogP contribution in [0.2, 0.25) is 0 Å². The van der Waals surface area contributed by atoms with E-state index in [9.17, 15) is 4.79 Å². The lowest BCUT2D eigenvalue weighted by molar-refractivity contribution is -0.157. The molecule has 0 saturated heterocycles. The molecular formula is C21H39INO2P. The molecule has 3 saturated carbocycles. The zero-order chi connectivity index (χ0) is 18.9. The van der Waals surface area contributed by atoms with Crippen LogP contribution in [-0.4, -0.2) is 24.8 Å². The van der Waals surface area contributed by atoms with Crippen molar-refractivity contribution >= 4 is 38.1 Å². The van der Waals surface area contributed by atoms with Gasteiger partial charge in [0.05, 0.1) is 5.92 Å². The minimum Gasteiger partial charge on any atom is -0.462 e. The van der Waals surface area contributed by atoms with Gasteiger partial charge in [0, 0.05) is 28.5 Å². The van der Waals surface area contributed by atoms with E-state index in [0.29, 0.717) is 5.66 Å². The summed E-state index contributed by atoms with van der Waals surface area (Å²) in [5.41, 5.74) is 0.460. The van der Waals surface area contributed by atoms with E-state index < -0.39 is 0 Å². The van der Waals surface area contributed by atoms with E-state index in [2.05, 4.69) is 19.7 Å². The maximum Gasteiger partial charge on any atom is 0.309 e. The molecule has 0 aliphatic heterocycles. The number of rotatable bonds is 3. The normalized spacial score (nSPS) is 35.9. The van der Waals surface area contributed by atoms with Crippen LogP contribution < -0.4 is 3.53 Å². The van der Waals surface area contributed by atoms with E-state index in [0.717, 1.165) is 37.0 Å². The summed E-state index contributed by atoms with van der Waals surface area (Å²) < 4.78 is 8.63. The molecule has 0 spiro atoms. The summed E-state index contributed by atoms with van der Waals surface area (Å²) in [5.74, 6) is 2.92. The van der Waals surface area contributed by atoms with E-state index >= 15 is 0 Å². The SMILES string of the molecule is CC1CCC(OC(=O)C2CCC(C3CCCCC3)CC2)C(P)C1.CNI. The van der Waals surface area contributed by atoms with E-state index in [1.807, 2.05) is 29.9 Å². The van der Waals surface area contributed by atoms with Crippen molar-refractivity contribution in [3.8, 4) is 0 Å². The third-order valence-electron chi connectivity index (χ3n) is 6.79. The van der Waals surface area contributed by atoms with Gasteiger partial charge in [-0.3, -0.25) is 8.32 Å². The van der Waals surface area contributed by atoms with Gasteiger partial charge in [0.15, 0.2) is 0 Å². The van der Waals surface area contributed by atoms with Gasteiger partial charge in [0.1, 0.15) is 6.10 Å². The number of hydrogen-bond donors (Lipinski definition) is 1. The molecule has 1 N–H and O–H groups in total. The van der Waals surface area contributed by atoms with Gasteiger partial charge in [-0.05, 0) is 69.7 Å². The molecule has 0 amide bonds. The van der Waals surface area contributed by atoms with E-state index in [-0.39, 0.29) is 18.0 Å². The van der Waals surface area contributed by atoms with Gasteiger partial charge in [-0.15, -0.1) is 9.24 Å². The largest absolute Gasteiger partial charge is 0.462 e. The van der Waals surface area contributed by atoms with Crippen molar-refractivity contribution in [1.82, 2.24) is 3.53 Å². The van der Waals surface area contributed by atoms with E-state index in [4.69, 9.17) is 4.74 Å². The average Bonchev–Trinajstić information content (AvgIpc) is 2.65. The molecule has 0 aromatic carbocycles. The lowest BCUT2D eigenvalue weighted by Gasteiger charge is -2.36. The molecule has 152 valence electrons. The molecule has 3 fully saturated rings. The summed E-state index contributed by atoms with van der Waals surface area (Å²) in [6, 6.07) is 0. The number of halogens is 1. The highest BCUT2D eigenvalue weighted by atomic mass is 127. The zero-order valence-corrected chi connectivity index (χ0v) is 20.0. The average molecular weight is 495 g/mol. The molecule has 4 atom stereocenters. The number of carbonyl (C=O) groups excluding carboxylic acids is 1. The first-order chi connectivity index (χ1) is 12.5. The third-order valence-corrected chi connectivity index (χ3v) is 7.49. The predicted octanol–water partition coefficient (Wildman–Crippen LogP) is 5.90. The van der Waals surface area contributed by atoms with Gasteiger partial charge in [0.2, 0.25) is 0 Å². The van der Waals surface area contributed by atoms with Crippen molar-refractivity contribution in [2.24, 2.45) is 23.7 Å². The Morgan fingerprint density at radius 2 is 1.54 bits per heavy atom. The smallest absolute Gasteiger partial charge is 0.309 e. The number of hydrogen-bond acceptors (Lipinski definition) is 3. The fourth-order valence-corrected chi connectivity index (χ4v) is 5.96. The Kier molecular flexibility index (Phi) is 10.7. The Morgan fingerprint density at radius 3 is 2.12 bits per heavy atom. The molecule has 3 rings (SSSR count). The summed E-state index contributed by atoms with van der Waals surface area (Å²) in [6.45, 7) is 2.31. The van der Waals surface area contributed by atoms with Crippen molar-refractivity contribution in [3.05, 3.63) is 0 Å². The van der Waals surface area contributed by atoms with Crippen molar-refractivity contribution in [2.45, 2.75) is 95.7 Å². The molecule has 3 aliphatic rings. The van der Waals surface area contributed by atoms with Crippen molar-refractivity contribution < 1.29 is 9.53 Å². The second-order valence-electron chi connectivity index (χ2n) is 8.76. The Hall–Kier alpha value is 0.590. The van der Waals surface area contributed by atoms with Crippen LogP contribution in [0.4, 0.5) is 0 Å². The number of ether oxygens (including phenoxy) is 1. The minimum absolute atomic E-state index is 0.110. The molecule has 26 heavy (non-hydrogen) atoms. The second kappa shape index (κ2) is 12.2. The predicted molar refractivity (Wildman–Crippen MR) is 121 cm³/mol. The van der Waals surface area contributed by atoms with Gasteiger partial charge in [-0.1, -0.05) is 39.0 Å². The van der Waals surface area contributed by atoms with Gasteiger partial charge >= 0.3 is 5.97 Å². The number of carbonyl (C=O) groups is 1. The molecule has 3 aliphatic carbocycles. The quantitative estimate of drug-likeness (QED) is 0.229. The highest BCUT2D eigenvalue weighted by Crippen LogP contribution is 2.40. The minimum atomic E-state index is 0.110. The fraction of sp³-hybridized carbons (Fsp3) is 0.952. The van der Waals surface area contributed by atoms with Crippen LogP contribution in [-0.2, 0) is 9.53 Å². The van der Waals surface area contributed by atoms with Gasteiger partial charge in [-0.25, -0.2) is 0 Å². The topological polar surface area (TPSA) is 38.3 Å². The molecule has 0 heterocycles. The maximum absolute atomic E-state index is 12.5. The van der Waals surface area contributed by atoms with Crippen molar-refractivity contribution in [2.75, 3.05) is 7.05 Å². The molecule has 4 unspecified atom stereocenters. The molecule has 5 heteroatoms. The van der Waals surface area contributed by atoms with Crippen molar-refractivity contribution in [3.63, 3.8) is 0 Å².